The molecule has 132 valence electrons. The molecule has 7 heteroatoms. The Kier molecular flexibility index (Phi) is 6.47. The van der Waals surface area contributed by atoms with Gasteiger partial charge in [-0.1, -0.05) is 29.8 Å². The Morgan fingerprint density at radius 3 is 2.56 bits per heavy atom. The fourth-order valence-corrected chi connectivity index (χ4v) is 2.17. The van der Waals surface area contributed by atoms with Gasteiger partial charge in [-0.25, -0.2) is 4.79 Å². The molecule has 1 N–H and O–H groups in total. The maximum Gasteiger partial charge on any atom is 0.340 e. The molecule has 0 aliphatic carbocycles. The lowest BCUT2D eigenvalue weighted by Crippen LogP contribution is -2.13. The largest absolute Gasteiger partial charge is 0.457 e. The molecule has 0 radical (unpaired) electrons. The van der Waals surface area contributed by atoms with Crippen LogP contribution in [0.1, 0.15) is 21.5 Å². The Morgan fingerprint density at radius 2 is 1.92 bits per heavy atom. The molecule has 0 aromatic heterocycles. The molecule has 25 heavy (non-hydrogen) atoms. The zero-order valence-electron chi connectivity index (χ0n) is 14.2. The van der Waals surface area contributed by atoms with Crippen LogP contribution in [0.15, 0.2) is 42.5 Å². The predicted octanol–water partition coefficient (Wildman–Crippen LogP) is 3.32. The number of esters is 1. The number of carbonyl (C=O) groups is 1. The Balaban J connectivity index is 2.14. The van der Waals surface area contributed by atoms with Gasteiger partial charge in [-0.05, 0) is 18.6 Å². The number of nitrogens with zero attached hydrogens (tertiary/aromatic N) is 1. The highest BCUT2D eigenvalue weighted by atomic mass is 16.6. The number of ether oxygens (including phenoxy) is 2. The second kappa shape index (κ2) is 8.79. The van der Waals surface area contributed by atoms with Crippen LogP contribution in [0.5, 0.6) is 0 Å². The van der Waals surface area contributed by atoms with Crippen molar-refractivity contribution in [2.75, 3.05) is 25.6 Å². The first kappa shape index (κ1) is 18.4. The lowest BCUT2D eigenvalue weighted by atomic mass is 10.1. The van der Waals surface area contributed by atoms with Crippen LogP contribution in [0.2, 0.25) is 0 Å². The van der Waals surface area contributed by atoms with Crippen LogP contribution in [-0.2, 0) is 16.1 Å². The molecule has 0 unspecified atom stereocenters. The first-order valence-electron chi connectivity index (χ1n) is 7.75. The quantitative estimate of drug-likeness (QED) is 0.342. The van der Waals surface area contributed by atoms with Gasteiger partial charge in [0.15, 0.2) is 0 Å². The van der Waals surface area contributed by atoms with Crippen LogP contribution >= 0.6 is 0 Å². The van der Waals surface area contributed by atoms with Gasteiger partial charge in [-0.15, -0.1) is 0 Å². The van der Waals surface area contributed by atoms with E-state index in [1.165, 1.54) is 18.2 Å². The molecule has 0 bridgehead atoms. The van der Waals surface area contributed by atoms with Crippen LogP contribution in [0.4, 0.5) is 11.4 Å². The van der Waals surface area contributed by atoms with Crippen molar-refractivity contribution in [3.8, 4) is 0 Å². The lowest BCUT2D eigenvalue weighted by Gasteiger charge is -2.12. The second-order valence-electron chi connectivity index (χ2n) is 5.47. The zero-order chi connectivity index (χ0) is 18.2. The number of hydrogen-bond acceptors (Lipinski definition) is 6. The molecule has 0 aliphatic heterocycles. The molecule has 0 fully saturated rings. The first-order chi connectivity index (χ1) is 12.0. The van der Waals surface area contributed by atoms with E-state index in [0.29, 0.717) is 18.8 Å². The van der Waals surface area contributed by atoms with Gasteiger partial charge in [0, 0.05) is 31.5 Å². The fraction of sp³-hybridized carbons (Fsp3) is 0.278. The van der Waals surface area contributed by atoms with E-state index in [0.717, 1.165) is 11.1 Å². The Morgan fingerprint density at radius 1 is 1.20 bits per heavy atom. The molecule has 7 nitrogen and oxygen atoms in total. The summed E-state index contributed by atoms with van der Waals surface area (Å²) < 4.78 is 10.3. The molecule has 0 saturated carbocycles. The Bertz CT molecular complexity index is 744. The highest BCUT2D eigenvalue weighted by molar-refractivity contribution is 5.96. The average Bonchev–Trinajstić information content (AvgIpc) is 2.61. The van der Waals surface area contributed by atoms with Gasteiger partial charge in [0.1, 0.15) is 6.61 Å². The van der Waals surface area contributed by atoms with Crippen LogP contribution < -0.4 is 5.32 Å². The minimum Gasteiger partial charge on any atom is -0.457 e. The smallest absolute Gasteiger partial charge is 0.340 e. The summed E-state index contributed by atoms with van der Waals surface area (Å²) in [5.41, 5.74) is 2.38. The summed E-state index contributed by atoms with van der Waals surface area (Å²) in [6.45, 7) is 2.97. The van der Waals surface area contributed by atoms with Crippen LogP contribution in [0.3, 0.4) is 0 Å². The SMILES string of the molecule is COCCNc1ccc([N+](=O)[O-])cc1C(=O)OCc1ccc(C)cc1. The average molecular weight is 344 g/mol. The van der Waals surface area contributed by atoms with Gasteiger partial charge in [-0.3, -0.25) is 10.1 Å². The van der Waals surface area contributed by atoms with Crippen molar-refractivity contribution in [1.29, 1.82) is 0 Å². The van der Waals surface area contributed by atoms with Gasteiger partial charge in [0.05, 0.1) is 17.1 Å². The molecular weight excluding hydrogens is 324 g/mol. The number of rotatable bonds is 8. The molecule has 2 aromatic carbocycles. The Hall–Kier alpha value is -2.93. The molecule has 0 spiro atoms. The molecule has 2 aromatic rings. The van der Waals surface area contributed by atoms with Gasteiger partial charge < -0.3 is 14.8 Å². The van der Waals surface area contributed by atoms with Crippen molar-refractivity contribution in [2.45, 2.75) is 13.5 Å². The molecule has 0 saturated heterocycles. The van der Waals surface area contributed by atoms with E-state index in [-0.39, 0.29) is 17.9 Å². The molecule has 0 heterocycles. The van der Waals surface area contributed by atoms with Gasteiger partial charge >= 0.3 is 5.97 Å². The summed E-state index contributed by atoms with van der Waals surface area (Å²) in [5, 5.41) is 14.0. The van der Waals surface area contributed by atoms with Gasteiger partial charge in [-0.2, -0.15) is 0 Å². The van der Waals surface area contributed by atoms with E-state index in [1.54, 1.807) is 7.11 Å². The Labute approximate surface area is 145 Å². The maximum absolute atomic E-state index is 12.4. The number of benzene rings is 2. The van der Waals surface area contributed by atoms with Gasteiger partial charge in [0.2, 0.25) is 0 Å². The van der Waals surface area contributed by atoms with Crippen molar-refractivity contribution >= 4 is 17.3 Å². The first-order valence-corrected chi connectivity index (χ1v) is 7.75. The summed E-state index contributed by atoms with van der Waals surface area (Å²) in [6.07, 6.45) is 0. The van der Waals surface area contributed by atoms with E-state index >= 15 is 0 Å². The zero-order valence-corrected chi connectivity index (χ0v) is 14.2. The van der Waals surface area contributed by atoms with E-state index in [9.17, 15) is 14.9 Å². The third-order valence-electron chi connectivity index (χ3n) is 3.55. The summed E-state index contributed by atoms with van der Waals surface area (Å²) >= 11 is 0. The summed E-state index contributed by atoms with van der Waals surface area (Å²) in [7, 11) is 1.56. The number of nitro groups is 1. The van der Waals surface area contributed by atoms with E-state index in [1.807, 2.05) is 31.2 Å². The summed E-state index contributed by atoms with van der Waals surface area (Å²) in [5.74, 6) is -0.621. The normalized spacial score (nSPS) is 10.3. The monoisotopic (exact) mass is 344 g/mol. The van der Waals surface area contributed by atoms with Crippen molar-refractivity contribution in [1.82, 2.24) is 0 Å². The molecule has 0 aliphatic rings. The molecule has 2 rings (SSSR count). The van der Waals surface area contributed by atoms with Crippen LogP contribution in [0.25, 0.3) is 0 Å². The van der Waals surface area contributed by atoms with Gasteiger partial charge in [0.25, 0.3) is 5.69 Å². The lowest BCUT2D eigenvalue weighted by molar-refractivity contribution is -0.384. The molecule has 0 atom stereocenters. The van der Waals surface area contributed by atoms with E-state index < -0.39 is 10.9 Å². The summed E-state index contributed by atoms with van der Waals surface area (Å²) in [6, 6.07) is 11.6. The number of non-ortho nitro benzene ring substituents is 1. The standard InChI is InChI=1S/C18H20N2O5/c1-13-3-5-14(6-4-13)12-25-18(21)16-11-15(20(22)23)7-8-17(16)19-9-10-24-2/h3-8,11,19H,9-10,12H2,1-2H3. The minimum atomic E-state index is -0.621. The summed E-state index contributed by atoms with van der Waals surface area (Å²) in [4.78, 5) is 22.8. The third-order valence-corrected chi connectivity index (χ3v) is 3.55. The minimum absolute atomic E-state index is 0.0965. The topological polar surface area (TPSA) is 90.7 Å². The number of aryl methyl sites for hydroxylation is 1. The number of nitro benzene ring substituents is 1. The maximum atomic E-state index is 12.4. The number of nitrogens with one attached hydrogen (secondary N) is 1. The second-order valence-corrected chi connectivity index (χ2v) is 5.47. The van der Waals surface area contributed by atoms with Crippen LogP contribution in [0, 0.1) is 17.0 Å². The van der Waals surface area contributed by atoms with E-state index in [2.05, 4.69) is 5.32 Å². The van der Waals surface area contributed by atoms with Crippen molar-refractivity contribution < 1.29 is 19.2 Å². The van der Waals surface area contributed by atoms with Crippen molar-refractivity contribution in [3.05, 3.63) is 69.3 Å². The predicted molar refractivity (Wildman–Crippen MR) is 93.8 cm³/mol. The van der Waals surface area contributed by atoms with Crippen molar-refractivity contribution in [3.63, 3.8) is 0 Å². The third kappa shape index (κ3) is 5.29. The number of anilines is 1. The highest BCUT2D eigenvalue weighted by Gasteiger charge is 2.18. The van der Waals surface area contributed by atoms with Crippen molar-refractivity contribution in [2.24, 2.45) is 0 Å². The number of carbonyl (C=O) groups excluding carboxylic acids is 1. The highest BCUT2D eigenvalue weighted by Crippen LogP contribution is 2.23. The fourth-order valence-electron chi connectivity index (χ4n) is 2.17. The molecular formula is C18H20N2O5. The van der Waals surface area contributed by atoms with E-state index in [4.69, 9.17) is 9.47 Å². The number of methoxy groups -OCH3 is 1. The number of hydrogen-bond donors (Lipinski definition) is 1. The molecule has 0 amide bonds. The van der Waals surface area contributed by atoms with Crippen LogP contribution in [-0.4, -0.2) is 31.2 Å².